The van der Waals surface area contributed by atoms with Gasteiger partial charge < -0.3 is 10.2 Å². The second kappa shape index (κ2) is 15.6. The van der Waals surface area contributed by atoms with Gasteiger partial charge in [-0.25, -0.2) is 8.42 Å². The molecule has 0 unspecified atom stereocenters. The van der Waals surface area contributed by atoms with Gasteiger partial charge in [0.05, 0.1) is 15.6 Å². The van der Waals surface area contributed by atoms with Crippen LogP contribution in [0.5, 0.6) is 0 Å². The molecule has 46 heavy (non-hydrogen) atoms. The summed E-state index contributed by atoms with van der Waals surface area (Å²) in [5.74, 6) is -0.899. The summed E-state index contributed by atoms with van der Waals surface area (Å²) >= 11 is 12.9. The van der Waals surface area contributed by atoms with Crippen LogP contribution in [0.25, 0.3) is 0 Å². The Morgan fingerprint density at radius 2 is 1.52 bits per heavy atom. The van der Waals surface area contributed by atoms with Gasteiger partial charge in [-0.1, -0.05) is 102 Å². The van der Waals surface area contributed by atoms with Gasteiger partial charge in [0.25, 0.3) is 10.0 Å². The summed E-state index contributed by atoms with van der Waals surface area (Å²) < 4.78 is 29.4. The zero-order valence-electron chi connectivity index (χ0n) is 26.4. The topological polar surface area (TPSA) is 86.8 Å². The lowest BCUT2D eigenvalue weighted by molar-refractivity contribution is -0.140. The van der Waals surface area contributed by atoms with Gasteiger partial charge in [-0.05, 0) is 74.2 Å². The molecule has 242 valence electrons. The SMILES string of the molecule is CC[C@H](C)NC(=O)[C@@H](Cc1ccccc1)N(Cc1ccccc1C)C(=O)CN(c1cc(Cl)ccc1Cl)S(=O)(=O)c1ccc(C)cc1. The summed E-state index contributed by atoms with van der Waals surface area (Å²) in [6, 6.07) is 26.8. The predicted molar refractivity (Wildman–Crippen MR) is 186 cm³/mol. The van der Waals surface area contributed by atoms with Gasteiger partial charge in [0.1, 0.15) is 12.6 Å². The minimum Gasteiger partial charge on any atom is -0.352 e. The van der Waals surface area contributed by atoms with Crippen LogP contribution in [0.4, 0.5) is 5.69 Å². The number of anilines is 1. The molecule has 0 fully saturated rings. The van der Waals surface area contributed by atoms with E-state index in [0.717, 1.165) is 26.6 Å². The minimum absolute atomic E-state index is 0.0113. The number of rotatable bonds is 13. The van der Waals surface area contributed by atoms with Crippen LogP contribution in [-0.4, -0.2) is 43.8 Å². The predicted octanol–water partition coefficient (Wildman–Crippen LogP) is 7.36. The van der Waals surface area contributed by atoms with Gasteiger partial charge >= 0.3 is 0 Å². The van der Waals surface area contributed by atoms with E-state index in [0.29, 0.717) is 6.42 Å². The Kier molecular flexibility index (Phi) is 11.9. The molecule has 0 aliphatic heterocycles. The van der Waals surface area contributed by atoms with E-state index in [2.05, 4.69) is 5.32 Å². The smallest absolute Gasteiger partial charge is 0.264 e. The molecule has 0 spiro atoms. The number of hydrogen-bond donors (Lipinski definition) is 1. The molecule has 0 saturated carbocycles. The lowest BCUT2D eigenvalue weighted by Crippen LogP contribution is -2.54. The molecule has 0 aliphatic rings. The molecular weight excluding hydrogens is 641 g/mol. The van der Waals surface area contributed by atoms with E-state index in [1.807, 2.05) is 82.3 Å². The number of nitrogens with one attached hydrogen (secondary N) is 1. The standard InChI is InChI=1S/C36H39Cl2N3O4S/c1-5-27(4)39-36(43)34(21-28-12-7-6-8-13-28)40(23-29-14-10-9-11-26(29)3)35(42)24-41(33-22-30(37)17-20-32(33)38)46(44,45)31-18-15-25(2)16-19-31/h6-20,22,27,34H,5,21,23-24H2,1-4H3,(H,39,43)/t27-,34+/m0/s1. The normalized spacial score (nSPS) is 12.7. The average Bonchev–Trinajstić information content (AvgIpc) is 3.04. The number of halogens is 2. The summed E-state index contributed by atoms with van der Waals surface area (Å²) in [4.78, 5) is 30.1. The van der Waals surface area contributed by atoms with Crippen LogP contribution in [-0.2, 0) is 32.6 Å². The van der Waals surface area contributed by atoms with Crippen molar-refractivity contribution in [2.75, 3.05) is 10.8 Å². The van der Waals surface area contributed by atoms with Crippen molar-refractivity contribution in [2.45, 2.75) is 64.1 Å². The van der Waals surface area contributed by atoms with Crippen molar-refractivity contribution >= 4 is 50.7 Å². The van der Waals surface area contributed by atoms with Crippen LogP contribution >= 0.6 is 23.2 Å². The first-order valence-electron chi connectivity index (χ1n) is 15.1. The monoisotopic (exact) mass is 679 g/mol. The molecular formula is C36H39Cl2N3O4S. The Bertz CT molecular complexity index is 1770. The van der Waals surface area contributed by atoms with E-state index in [1.54, 1.807) is 18.2 Å². The van der Waals surface area contributed by atoms with Crippen LogP contribution in [0.3, 0.4) is 0 Å². The number of aryl methyl sites for hydroxylation is 2. The van der Waals surface area contributed by atoms with Crippen molar-refractivity contribution in [1.82, 2.24) is 10.2 Å². The van der Waals surface area contributed by atoms with Crippen LogP contribution in [0.1, 0.15) is 42.5 Å². The second-order valence-electron chi connectivity index (χ2n) is 11.4. The molecule has 0 radical (unpaired) electrons. The van der Waals surface area contributed by atoms with E-state index in [9.17, 15) is 18.0 Å². The second-order valence-corrected chi connectivity index (χ2v) is 14.1. The zero-order valence-corrected chi connectivity index (χ0v) is 28.7. The quantitative estimate of drug-likeness (QED) is 0.160. The van der Waals surface area contributed by atoms with Crippen molar-refractivity contribution in [3.05, 3.63) is 129 Å². The molecule has 10 heteroatoms. The first-order chi connectivity index (χ1) is 21.9. The van der Waals surface area contributed by atoms with Crippen LogP contribution in [0.15, 0.2) is 102 Å². The minimum atomic E-state index is -4.31. The Balaban J connectivity index is 1.85. The number of carbonyl (C=O) groups excluding carboxylic acids is 2. The molecule has 2 atom stereocenters. The Morgan fingerprint density at radius 1 is 0.870 bits per heavy atom. The molecule has 4 aromatic rings. The van der Waals surface area contributed by atoms with Crippen molar-refractivity contribution in [3.63, 3.8) is 0 Å². The Labute approximate surface area is 282 Å². The van der Waals surface area contributed by atoms with Gasteiger partial charge in [0, 0.05) is 24.0 Å². The highest BCUT2D eigenvalue weighted by molar-refractivity contribution is 7.92. The third-order valence-electron chi connectivity index (χ3n) is 7.94. The van der Waals surface area contributed by atoms with Crippen LogP contribution < -0.4 is 9.62 Å². The molecule has 1 N–H and O–H groups in total. The number of benzene rings is 4. The van der Waals surface area contributed by atoms with E-state index < -0.39 is 28.5 Å². The zero-order chi connectivity index (χ0) is 33.4. The molecule has 0 heterocycles. The summed E-state index contributed by atoms with van der Waals surface area (Å²) in [7, 11) is -4.31. The van der Waals surface area contributed by atoms with Gasteiger partial charge in [0.15, 0.2) is 0 Å². The maximum Gasteiger partial charge on any atom is 0.264 e. The highest BCUT2D eigenvalue weighted by Gasteiger charge is 2.35. The maximum atomic E-state index is 14.6. The first-order valence-corrected chi connectivity index (χ1v) is 17.3. The number of sulfonamides is 1. The third-order valence-corrected chi connectivity index (χ3v) is 10.3. The van der Waals surface area contributed by atoms with Crippen molar-refractivity contribution < 1.29 is 18.0 Å². The molecule has 0 aromatic heterocycles. The highest BCUT2D eigenvalue weighted by atomic mass is 35.5. The number of carbonyl (C=O) groups is 2. The lowest BCUT2D eigenvalue weighted by atomic mass is 10.0. The number of nitrogens with zero attached hydrogens (tertiary/aromatic N) is 2. The van der Waals surface area contributed by atoms with E-state index >= 15 is 0 Å². The van der Waals surface area contributed by atoms with Gasteiger partial charge in [-0.3, -0.25) is 13.9 Å². The van der Waals surface area contributed by atoms with Crippen molar-refractivity contribution in [1.29, 1.82) is 0 Å². The van der Waals surface area contributed by atoms with Gasteiger partial charge in [-0.2, -0.15) is 0 Å². The fourth-order valence-corrected chi connectivity index (χ4v) is 6.85. The number of hydrogen-bond acceptors (Lipinski definition) is 4. The summed E-state index contributed by atoms with van der Waals surface area (Å²) in [5.41, 5.74) is 3.56. The molecule has 4 aromatic carbocycles. The van der Waals surface area contributed by atoms with Crippen molar-refractivity contribution in [2.24, 2.45) is 0 Å². The molecule has 7 nitrogen and oxygen atoms in total. The van der Waals surface area contributed by atoms with E-state index in [-0.39, 0.29) is 45.5 Å². The fourth-order valence-electron chi connectivity index (χ4n) is 4.99. The molecule has 0 aliphatic carbocycles. The average molecular weight is 681 g/mol. The summed E-state index contributed by atoms with van der Waals surface area (Å²) in [6.07, 6.45) is 0.925. The Hall–Kier alpha value is -3.85. The third kappa shape index (κ3) is 8.69. The molecule has 4 rings (SSSR count). The Morgan fingerprint density at radius 3 is 2.17 bits per heavy atom. The van der Waals surface area contributed by atoms with Crippen molar-refractivity contribution in [3.8, 4) is 0 Å². The summed E-state index contributed by atoms with van der Waals surface area (Å²) in [5, 5.41) is 3.40. The number of amides is 2. The molecule has 0 bridgehead atoms. The lowest BCUT2D eigenvalue weighted by Gasteiger charge is -2.34. The molecule has 2 amide bonds. The van der Waals surface area contributed by atoms with Crippen LogP contribution in [0.2, 0.25) is 10.0 Å². The fraction of sp³-hybridized carbons (Fsp3) is 0.278. The largest absolute Gasteiger partial charge is 0.352 e. The van der Waals surface area contributed by atoms with Crippen LogP contribution in [0, 0.1) is 13.8 Å². The van der Waals surface area contributed by atoms with E-state index in [4.69, 9.17) is 23.2 Å². The van der Waals surface area contributed by atoms with Gasteiger partial charge in [-0.15, -0.1) is 0 Å². The molecule has 0 saturated heterocycles. The van der Waals surface area contributed by atoms with Gasteiger partial charge in [0.2, 0.25) is 11.8 Å². The maximum absolute atomic E-state index is 14.6. The summed E-state index contributed by atoms with van der Waals surface area (Å²) in [6.45, 7) is 7.12. The first kappa shape index (κ1) is 35.0. The van der Waals surface area contributed by atoms with E-state index in [1.165, 1.54) is 29.2 Å². The highest BCUT2D eigenvalue weighted by Crippen LogP contribution is 2.33.